The molecule has 3 aromatic carbocycles. The van der Waals surface area contributed by atoms with E-state index in [0.29, 0.717) is 22.6 Å². The summed E-state index contributed by atoms with van der Waals surface area (Å²) in [6.07, 6.45) is 0. The van der Waals surface area contributed by atoms with Crippen LogP contribution in [0, 0.1) is 6.92 Å². The van der Waals surface area contributed by atoms with E-state index in [1.54, 1.807) is 42.0 Å². The average Bonchev–Trinajstić information content (AvgIpc) is 3.30. The number of carbonyl (C=O) groups excluding carboxylic acids is 2. The van der Waals surface area contributed by atoms with E-state index in [0.717, 1.165) is 16.6 Å². The predicted octanol–water partition coefficient (Wildman–Crippen LogP) is 4.44. The zero-order chi connectivity index (χ0) is 28.2. The van der Waals surface area contributed by atoms with Gasteiger partial charge in [-0.15, -0.1) is 5.10 Å². The Morgan fingerprint density at radius 1 is 0.974 bits per heavy atom. The molecule has 0 radical (unpaired) electrons. The van der Waals surface area contributed by atoms with Gasteiger partial charge in [0.1, 0.15) is 29.6 Å². The minimum atomic E-state index is -0.975. The van der Waals surface area contributed by atoms with Gasteiger partial charge in [0.25, 0.3) is 0 Å². The van der Waals surface area contributed by atoms with E-state index in [9.17, 15) is 9.59 Å². The number of hydrogen-bond donors (Lipinski definition) is 1. The number of para-hydroxylation sites is 1. The number of benzene rings is 3. The maximum atomic E-state index is 14.1. The minimum Gasteiger partial charge on any atom is -0.497 e. The van der Waals surface area contributed by atoms with Crippen molar-refractivity contribution in [2.75, 3.05) is 14.2 Å². The third-order valence-electron chi connectivity index (χ3n) is 6.25. The van der Waals surface area contributed by atoms with Crippen molar-refractivity contribution in [3.8, 4) is 11.5 Å². The number of nitrogens with zero attached hydrogens (tertiary/aromatic N) is 4. The summed E-state index contributed by atoms with van der Waals surface area (Å²) in [5.41, 5.74) is 3.46. The standard InChI is InChI=1S/C30H35N5O4/c1-20-11-13-21(14-12-20)18-34(27(36)19-35-26-10-8-7-9-25(26)32-33-35)28(29(37)31-30(2,3)4)22-15-23(38-5)17-24(16-22)39-6/h7-17,28H,18-19H2,1-6H3,(H,31,37)/t28-/m0/s1. The van der Waals surface area contributed by atoms with Crippen LogP contribution in [0.5, 0.6) is 11.5 Å². The van der Waals surface area contributed by atoms with Crippen LogP contribution < -0.4 is 14.8 Å². The highest BCUT2D eigenvalue weighted by molar-refractivity contribution is 5.89. The number of aromatic nitrogens is 3. The van der Waals surface area contributed by atoms with Gasteiger partial charge in [-0.2, -0.15) is 0 Å². The molecule has 9 heteroatoms. The lowest BCUT2D eigenvalue weighted by atomic mass is 10.00. The van der Waals surface area contributed by atoms with Crippen molar-refractivity contribution >= 4 is 22.8 Å². The maximum absolute atomic E-state index is 14.1. The molecule has 4 rings (SSSR count). The van der Waals surface area contributed by atoms with Crippen molar-refractivity contribution in [2.45, 2.75) is 52.4 Å². The zero-order valence-corrected chi connectivity index (χ0v) is 23.3. The average molecular weight is 530 g/mol. The number of aryl methyl sites for hydroxylation is 1. The summed E-state index contributed by atoms with van der Waals surface area (Å²) < 4.78 is 12.6. The molecule has 9 nitrogen and oxygen atoms in total. The quantitative estimate of drug-likeness (QED) is 0.344. The van der Waals surface area contributed by atoms with E-state index in [4.69, 9.17) is 9.47 Å². The Bertz CT molecular complexity index is 1430. The SMILES string of the molecule is COc1cc(OC)cc([C@@H](C(=O)NC(C)(C)C)N(Cc2ccc(C)cc2)C(=O)Cn2nnc3ccccc32)c1. The van der Waals surface area contributed by atoms with Gasteiger partial charge in [-0.25, -0.2) is 4.68 Å². The molecular weight excluding hydrogens is 494 g/mol. The van der Waals surface area contributed by atoms with Crippen LogP contribution in [-0.4, -0.2) is 51.5 Å². The normalized spacial score (nSPS) is 12.2. The smallest absolute Gasteiger partial charge is 0.247 e. The Balaban J connectivity index is 1.82. The Kier molecular flexibility index (Phi) is 8.18. The fraction of sp³-hybridized carbons (Fsp3) is 0.333. The van der Waals surface area contributed by atoms with Gasteiger partial charge in [0.05, 0.1) is 19.7 Å². The molecular formula is C30H35N5O4. The maximum Gasteiger partial charge on any atom is 0.247 e. The first-order valence-corrected chi connectivity index (χ1v) is 12.8. The number of methoxy groups -OCH3 is 2. The second kappa shape index (κ2) is 11.6. The minimum absolute atomic E-state index is 0.0905. The highest BCUT2D eigenvalue weighted by Gasteiger charge is 2.34. The Morgan fingerprint density at radius 3 is 2.23 bits per heavy atom. The monoisotopic (exact) mass is 529 g/mol. The van der Waals surface area contributed by atoms with Gasteiger partial charge < -0.3 is 19.7 Å². The van der Waals surface area contributed by atoms with Crippen molar-refractivity contribution in [2.24, 2.45) is 0 Å². The molecule has 4 aromatic rings. The first kappa shape index (κ1) is 27.6. The van der Waals surface area contributed by atoms with Crippen LogP contribution >= 0.6 is 0 Å². The summed E-state index contributed by atoms with van der Waals surface area (Å²) in [6.45, 7) is 7.83. The van der Waals surface area contributed by atoms with E-state index in [-0.39, 0.29) is 24.9 Å². The van der Waals surface area contributed by atoms with Gasteiger partial charge in [0.2, 0.25) is 11.8 Å². The number of carbonyl (C=O) groups is 2. The lowest BCUT2D eigenvalue weighted by Crippen LogP contribution is -2.49. The molecule has 0 fully saturated rings. The van der Waals surface area contributed by atoms with Gasteiger partial charge >= 0.3 is 0 Å². The van der Waals surface area contributed by atoms with Gasteiger partial charge in [0, 0.05) is 18.2 Å². The lowest BCUT2D eigenvalue weighted by Gasteiger charge is -2.34. The van der Waals surface area contributed by atoms with Crippen LogP contribution in [0.1, 0.15) is 43.5 Å². The van der Waals surface area contributed by atoms with Crippen LogP contribution in [0.25, 0.3) is 11.0 Å². The zero-order valence-electron chi connectivity index (χ0n) is 23.3. The molecule has 1 heterocycles. The van der Waals surface area contributed by atoms with Gasteiger partial charge in [-0.05, 0) is 63.1 Å². The molecule has 0 aliphatic carbocycles. The van der Waals surface area contributed by atoms with E-state index < -0.39 is 11.6 Å². The second-order valence-corrected chi connectivity index (χ2v) is 10.5. The number of ether oxygens (including phenoxy) is 2. The van der Waals surface area contributed by atoms with Crippen LogP contribution in [-0.2, 0) is 22.7 Å². The Labute approximate surface area is 228 Å². The molecule has 204 valence electrons. The molecule has 0 bridgehead atoms. The van der Waals surface area contributed by atoms with E-state index in [2.05, 4.69) is 15.6 Å². The van der Waals surface area contributed by atoms with Crippen LogP contribution in [0.3, 0.4) is 0 Å². The summed E-state index contributed by atoms with van der Waals surface area (Å²) in [6, 6.07) is 19.6. The molecule has 0 spiro atoms. The summed E-state index contributed by atoms with van der Waals surface area (Å²) in [4.78, 5) is 29.6. The lowest BCUT2D eigenvalue weighted by molar-refractivity contribution is -0.142. The van der Waals surface area contributed by atoms with Gasteiger partial charge in [-0.3, -0.25) is 9.59 Å². The fourth-order valence-corrected chi connectivity index (χ4v) is 4.36. The van der Waals surface area contributed by atoms with Crippen molar-refractivity contribution in [3.63, 3.8) is 0 Å². The first-order valence-electron chi connectivity index (χ1n) is 12.8. The van der Waals surface area contributed by atoms with Crippen LogP contribution in [0.4, 0.5) is 0 Å². The van der Waals surface area contributed by atoms with Crippen molar-refractivity contribution in [1.29, 1.82) is 0 Å². The third kappa shape index (κ3) is 6.73. The number of fused-ring (bicyclic) bond motifs is 1. The summed E-state index contributed by atoms with van der Waals surface area (Å²) >= 11 is 0. The summed E-state index contributed by atoms with van der Waals surface area (Å²) in [5, 5.41) is 11.5. The summed E-state index contributed by atoms with van der Waals surface area (Å²) in [5.74, 6) is 0.426. The summed E-state index contributed by atoms with van der Waals surface area (Å²) in [7, 11) is 3.10. The molecule has 0 unspecified atom stereocenters. The first-order chi connectivity index (χ1) is 18.6. The van der Waals surface area contributed by atoms with Crippen molar-refractivity contribution in [3.05, 3.63) is 83.4 Å². The Morgan fingerprint density at radius 2 is 1.62 bits per heavy atom. The van der Waals surface area contributed by atoms with Gasteiger partial charge in [-0.1, -0.05) is 47.2 Å². The largest absolute Gasteiger partial charge is 0.497 e. The number of nitrogens with one attached hydrogen (secondary N) is 1. The number of amides is 2. The highest BCUT2D eigenvalue weighted by atomic mass is 16.5. The molecule has 0 aliphatic heterocycles. The molecule has 1 atom stereocenters. The number of rotatable bonds is 9. The van der Waals surface area contributed by atoms with Gasteiger partial charge in [0.15, 0.2) is 0 Å². The van der Waals surface area contributed by atoms with Crippen molar-refractivity contribution in [1.82, 2.24) is 25.2 Å². The van der Waals surface area contributed by atoms with E-state index >= 15 is 0 Å². The Hall–Kier alpha value is -4.40. The molecule has 2 amide bonds. The van der Waals surface area contributed by atoms with Crippen LogP contribution in [0.2, 0.25) is 0 Å². The fourth-order valence-electron chi connectivity index (χ4n) is 4.36. The third-order valence-corrected chi connectivity index (χ3v) is 6.25. The molecule has 1 aromatic heterocycles. The van der Waals surface area contributed by atoms with E-state index in [1.807, 2.05) is 76.2 Å². The number of hydrogen-bond acceptors (Lipinski definition) is 6. The molecule has 0 saturated carbocycles. The topological polar surface area (TPSA) is 98.6 Å². The second-order valence-electron chi connectivity index (χ2n) is 10.5. The van der Waals surface area contributed by atoms with Crippen molar-refractivity contribution < 1.29 is 19.1 Å². The van der Waals surface area contributed by atoms with Crippen LogP contribution in [0.15, 0.2) is 66.7 Å². The molecule has 1 N–H and O–H groups in total. The molecule has 0 saturated heterocycles. The van der Waals surface area contributed by atoms with E-state index in [1.165, 1.54) is 0 Å². The molecule has 39 heavy (non-hydrogen) atoms. The predicted molar refractivity (Wildman–Crippen MR) is 149 cm³/mol. The highest BCUT2D eigenvalue weighted by Crippen LogP contribution is 2.32. The molecule has 0 aliphatic rings.